The van der Waals surface area contributed by atoms with E-state index in [0.717, 1.165) is 11.1 Å². The molecule has 3 N–H and O–H groups in total. The molecule has 0 saturated carbocycles. The van der Waals surface area contributed by atoms with Crippen molar-refractivity contribution in [3.63, 3.8) is 0 Å². The van der Waals surface area contributed by atoms with E-state index in [1.807, 2.05) is 32.0 Å². The molecule has 0 unspecified atom stereocenters. The van der Waals surface area contributed by atoms with Crippen LogP contribution in [0, 0.1) is 13.8 Å². The molecule has 0 fully saturated rings. The molecule has 2 aromatic rings. The van der Waals surface area contributed by atoms with Gasteiger partial charge in [0.15, 0.2) is 0 Å². The van der Waals surface area contributed by atoms with Crippen molar-refractivity contribution in [2.45, 2.75) is 13.8 Å². The zero-order valence-corrected chi connectivity index (χ0v) is 11.6. The summed E-state index contributed by atoms with van der Waals surface area (Å²) in [5.41, 5.74) is 9.39. The number of carbonyl (C=O) groups is 1. The second-order valence-electron chi connectivity index (χ2n) is 4.51. The fourth-order valence-electron chi connectivity index (χ4n) is 1.78. The smallest absolute Gasteiger partial charge is 0.255 e. The number of carbonyl (C=O) groups excluding carboxylic acids is 1. The molecule has 0 radical (unpaired) electrons. The van der Waals surface area contributed by atoms with E-state index < -0.39 is 0 Å². The number of amides is 1. The van der Waals surface area contributed by atoms with E-state index >= 15 is 0 Å². The summed E-state index contributed by atoms with van der Waals surface area (Å²) in [4.78, 5) is 12.2. The first kappa shape index (κ1) is 13.4. The molecule has 98 valence electrons. The topological polar surface area (TPSA) is 55.1 Å². The van der Waals surface area contributed by atoms with Gasteiger partial charge in [0.2, 0.25) is 0 Å². The van der Waals surface area contributed by atoms with E-state index in [9.17, 15) is 4.79 Å². The van der Waals surface area contributed by atoms with Crippen LogP contribution in [0.3, 0.4) is 0 Å². The van der Waals surface area contributed by atoms with Gasteiger partial charge in [-0.3, -0.25) is 4.79 Å². The van der Waals surface area contributed by atoms with E-state index in [1.54, 1.807) is 18.2 Å². The predicted molar refractivity (Wildman–Crippen MR) is 79.7 cm³/mol. The van der Waals surface area contributed by atoms with Crippen LogP contribution in [0.2, 0.25) is 5.02 Å². The maximum absolute atomic E-state index is 12.2. The lowest BCUT2D eigenvalue weighted by molar-refractivity contribution is 0.102. The van der Waals surface area contributed by atoms with Gasteiger partial charge in [0.1, 0.15) is 0 Å². The molecule has 19 heavy (non-hydrogen) atoms. The molecular weight excluding hydrogens is 260 g/mol. The number of hydrogen-bond donors (Lipinski definition) is 2. The zero-order valence-electron chi connectivity index (χ0n) is 10.8. The zero-order chi connectivity index (χ0) is 14.0. The highest BCUT2D eigenvalue weighted by atomic mass is 35.5. The highest BCUT2D eigenvalue weighted by molar-refractivity contribution is 6.33. The minimum atomic E-state index is -0.151. The van der Waals surface area contributed by atoms with Gasteiger partial charge in [0, 0.05) is 11.3 Å². The lowest BCUT2D eigenvalue weighted by Gasteiger charge is -2.09. The maximum Gasteiger partial charge on any atom is 0.255 e. The van der Waals surface area contributed by atoms with Crippen molar-refractivity contribution in [2.24, 2.45) is 0 Å². The number of benzene rings is 2. The molecule has 0 saturated heterocycles. The van der Waals surface area contributed by atoms with E-state index in [4.69, 9.17) is 17.3 Å². The van der Waals surface area contributed by atoms with Gasteiger partial charge in [0.25, 0.3) is 5.91 Å². The predicted octanol–water partition coefficient (Wildman–Crippen LogP) is 3.79. The number of aryl methyl sites for hydroxylation is 2. The number of hydrogen-bond acceptors (Lipinski definition) is 2. The van der Waals surface area contributed by atoms with E-state index in [2.05, 4.69) is 5.32 Å². The molecule has 3 nitrogen and oxygen atoms in total. The molecule has 2 aromatic carbocycles. The third-order valence-corrected chi connectivity index (χ3v) is 3.22. The van der Waals surface area contributed by atoms with Gasteiger partial charge in [-0.25, -0.2) is 0 Å². The molecule has 0 aliphatic rings. The molecule has 0 aromatic heterocycles. The SMILES string of the molecule is Cc1ccc(C)c(C(=O)Nc2ccc(N)c(Cl)c2)c1. The first-order chi connectivity index (χ1) is 8.97. The highest BCUT2D eigenvalue weighted by Gasteiger charge is 2.10. The third kappa shape index (κ3) is 3.06. The van der Waals surface area contributed by atoms with Gasteiger partial charge in [-0.05, 0) is 43.7 Å². The molecule has 1 amide bonds. The van der Waals surface area contributed by atoms with Crippen LogP contribution in [0.15, 0.2) is 36.4 Å². The quantitative estimate of drug-likeness (QED) is 0.819. The van der Waals surface area contributed by atoms with Crippen molar-refractivity contribution < 1.29 is 4.79 Å². The molecular formula is C15H15ClN2O. The second-order valence-corrected chi connectivity index (χ2v) is 4.92. The molecule has 0 heterocycles. The van der Waals surface area contributed by atoms with Gasteiger partial charge < -0.3 is 11.1 Å². The lowest BCUT2D eigenvalue weighted by Crippen LogP contribution is -2.13. The van der Waals surface area contributed by atoms with E-state index in [1.165, 1.54) is 0 Å². The van der Waals surface area contributed by atoms with Gasteiger partial charge in [-0.1, -0.05) is 29.3 Å². The number of nitrogens with two attached hydrogens (primary N) is 1. The van der Waals surface area contributed by atoms with Crippen molar-refractivity contribution in [1.82, 2.24) is 0 Å². The Hall–Kier alpha value is -2.00. The van der Waals surface area contributed by atoms with Crippen molar-refractivity contribution in [3.8, 4) is 0 Å². The average molecular weight is 275 g/mol. The minimum Gasteiger partial charge on any atom is -0.398 e. The third-order valence-electron chi connectivity index (χ3n) is 2.90. The molecule has 2 rings (SSSR count). The summed E-state index contributed by atoms with van der Waals surface area (Å²) >= 11 is 5.92. The fraction of sp³-hybridized carbons (Fsp3) is 0.133. The molecule has 0 spiro atoms. The van der Waals surface area contributed by atoms with Crippen molar-refractivity contribution in [1.29, 1.82) is 0 Å². The van der Waals surface area contributed by atoms with Crippen LogP contribution in [0.5, 0.6) is 0 Å². The lowest BCUT2D eigenvalue weighted by atomic mass is 10.1. The Morgan fingerprint density at radius 2 is 1.89 bits per heavy atom. The normalized spacial score (nSPS) is 10.3. The fourth-order valence-corrected chi connectivity index (χ4v) is 1.96. The summed E-state index contributed by atoms with van der Waals surface area (Å²) in [7, 11) is 0. The van der Waals surface area contributed by atoms with Crippen LogP contribution in [0.4, 0.5) is 11.4 Å². The number of halogens is 1. The van der Waals surface area contributed by atoms with Crippen LogP contribution < -0.4 is 11.1 Å². The maximum atomic E-state index is 12.2. The van der Waals surface area contributed by atoms with E-state index in [0.29, 0.717) is 22.0 Å². The molecule has 4 heteroatoms. The van der Waals surface area contributed by atoms with Crippen LogP contribution in [0.25, 0.3) is 0 Å². The summed E-state index contributed by atoms with van der Waals surface area (Å²) in [5, 5.41) is 3.24. The highest BCUT2D eigenvalue weighted by Crippen LogP contribution is 2.23. The molecule has 0 aliphatic carbocycles. The summed E-state index contributed by atoms with van der Waals surface area (Å²) in [6.45, 7) is 3.86. The Labute approximate surface area is 117 Å². The Morgan fingerprint density at radius 3 is 2.58 bits per heavy atom. The number of rotatable bonds is 2. The molecule has 0 bridgehead atoms. The van der Waals surface area contributed by atoms with Crippen LogP contribution in [-0.4, -0.2) is 5.91 Å². The number of nitrogens with one attached hydrogen (secondary N) is 1. The summed E-state index contributed by atoms with van der Waals surface area (Å²) < 4.78 is 0. The summed E-state index contributed by atoms with van der Waals surface area (Å²) in [6.07, 6.45) is 0. The van der Waals surface area contributed by atoms with Crippen molar-refractivity contribution in [2.75, 3.05) is 11.1 Å². The first-order valence-electron chi connectivity index (χ1n) is 5.91. The van der Waals surface area contributed by atoms with Crippen molar-refractivity contribution >= 4 is 28.9 Å². The van der Waals surface area contributed by atoms with Gasteiger partial charge in [-0.2, -0.15) is 0 Å². The molecule has 0 atom stereocenters. The van der Waals surface area contributed by atoms with Crippen LogP contribution in [0.1, 0.15) is 21.5 Å². The Morgan fingerprint density at radius 1 is 1.16 bits per heavy atom. The van der Waals surface area contributed by atoms with Gasteiger partial charge >= 0.3 is 0 Å². The summed E-state index contributed by atoms with van der Waals surface area (Å²) in [6, 6.07) is 10.8. The largest absolute Gasteiger partial charge is 0.398 e. The van der Waals surface area contributed by atoms with Gasteiger partial charge in [-0.15, -0.1) is 0 Å². The van der Waals surface area contributed by atoms with Crippen LogP contribution >= 0.6 is 11.6 Å². The van der Waals surface area contributed by atoms with Crippen LogP contribution in [-0.2, 0) is 0 Å². The van der Waals surface area contributed by atoms with E-state index in [-0.39, 0.29) is 5.91 Å². The summed E-state index contributed by atoms with van der Waals surface area (Å²) in [5.74, 6) is -0.151. The standard InChI is InChI=1S/C15H15ClN2O/c1-9-3-4-10(2)12(7-9)15(19)18-11-5-6-14(17)13(16)8-11/h3-8H,17H2,1-2H3,(H,18,19). The monoisotopic (exact) mass is 274 g/mol. The van der Waals surface area contributed by atoms with Gasteiger partial charge in [0.05, 0.1) is 10.7 Å². The minimum absolute atomic E-state index is 0.151. The second kappa shape index (κ2) is 5.33. The number of nitrogen functional groups attached to an aromatic ring is 1. The number of anilines is 2. The average Bonchev–Trinajstić information content (AvgIpc) is 2.36. The molecule has 0 aliphatic heterocycles. The Kier molecular flexibility index (Phi) is 3.76. The first-order valence-corrected chi connectivity index (χ1v) is 6.29. The Bertz CT molecular complexity index is 638. The van der Waals surface area contributed by atoms with Crippen molar-refractivity contribution in [3.05, 3.63) is 58.1 Å². The Balaban J connectivity index is 2.25.